The average Bonchev–Trinajstić information content (AvgIpc) is 2.57. The number of anilines is 1. The normalized spacial score (nSPS) is 10.7. The lowest BCUT2D eigenvalue weighted by molar-refractivity contribution is 0.411. The van der Waals surface area contributed by atoms with Gasteiger partial charge in [-0.2, -0.15) is 0 Å². The van der Waals surface area contributed by atoms with Gasteiger partial charge in [-0.1, -0.05) is 12.1 Å². The second kappa shape index (κ2) is 10.0. The summed E-state index contributed by atoms with van der Waals surface area (Å²) in [6, 6.07) is 13.7. The summed E-state index contributed by atoms with van der Waals surface area (Å²) in [6.07, 6.45) is 0.807. The van der Waals surface area contributed by atoms with Crippen molar-refractivity contribution in [3.05, 3.63) is 53.6 Å². The van der Waals surface area contributed by atoms with Gasteiger partial charge in [-0.05, 0) is 54.8 Å². The molecule has 2 rings (SSSR count). The van der Waals surface area contributed by atoms with Gasteiger partial charge in [0.25, 0.3) is 0 Å². The monoisotopic (exact) mass is 441 g/mol. The maximum Gasteiger partial charge on any atom is 0.193 e. The van der Waals surface area contributed by atoms with Crippen LogP contribution in [0.2, 0.25) is 0 Å². The van der Waals surface area contributed by atoms with E-state index in [4.69, 9.17) is 15.2 Å². The van der Waals surface area contributed by atoms with Crippen molar-refractivity contribution in [2.45, 2.75) is 13.3 Å². The molecule has 0 amide bonds. The van der Waals surface area contributed by atoms with Crippen LogP contribution in [-0.2, 0) is 6.42 Å². The Labute approximate surface area is 160 Å². The Bertz CT molecular complexity index is 672. The van der Waals surface area contributed by atoms with E-state index in [0.717, 1.165) is 29.2 Å². The Morgan fingerprint density at radius 3 is 2.42 bits per heavy atom. The molecule has 0 aliphatic heterocycles. The molecule has 0 saturated heterocycles. The topological polar surface area (TPSA) is 68.9 Å². The van der Waals surface area contributed by atoms with Crippen LogP contribution in [0.4, 0.5) is 5.69 Å². The highest BCUT2D eigenvalue weighted by Crippen LogP contribution is 2.19. The molecule has 0 unspecified atom stereocenters. The van der Waals surface area contributed by atoms with Crippen molar-refractivity contribution in [1.29, 1.82) is 0 Å². The van der Waals surface area contributed by atoms with Gasteiger partial charge in [0.05, 0.1) is 14.2 Å². The summed E-state index contributed by atoms with van der Waals surface area (Å²) >= 11 is 0. The number of hydrogen-bond donors (Lipinski definition) is 2. The smallest absolute Gasteiger partial charge is 0.193 e. The number of aliphatic imine (C=N–C) groups is 1. The molecule has 0 bridgehead atoms. The Morgan fingerprint density at radius 1 is 1.08 bits per heavy atom. The van der Waals surface area contributed by atoms with Gasteiger partial charge in [0.1, 0.15) is 11.5 Å². The van der Waals surface area contributed by atoms with Crippen LogP contribution in [0.25, 0.3) is 0 Å². The Kier molecular flexibility index (Phi) is 8.39. The van der Waals surface area contributed by atoms with Crippen molar-refractivity contribution < 1.29 is 9.47 Å². The molecule has 0 radical (unpaired) electrons. The number of methoxy groups -OCH3 is 2. The lowest BCUT2D eigenvalue weighted by atomic mass is 10.1. The summed E-state index contributed by atoms with van der Waals surface area (Å²) in [4.78, 5) is 4.35. The summed E-state index contributed by atoms with van der Waals surface area (Å²) in [7, 11) is 3.32. The molecule has 0 aromatic heterocycles. The van der Waals surface area contributed by atoms with Crippen LogP contribution in [-0.4, -0.2) is 26.7 Å². The van der Waals surface area contributed by atoms with Crippen LogP contribution in [0.5, 0.6) is 11.5 Å². The van der Waals surface area contributed by atoms with E-state index in [9.17, 15) is 0 Å². The number of nitrogens with zero attached hydrogens (tertiary/aromatic N) is 1. The third-order valence-electron chi connectivity index (χ3n) is 3.52. The fourth-order valence-electron chi connectivity index (χ4n) is 2.19. The summed E-state index contributed by atoms with van der Waals surface area (Å²) in [6.45, 7) is 2.64. The number of ether oxygens (including phenoxy) is 2. The number of aryl methyl sites for hydroxylation is 1. The molecule has 130 valence electrons. The molecule has 0 heterocycles. The van der Waals surface area contributed by atoms with Gasteiger partial charge in [-0.15, -0.1) is 24.0 Å². The van der Waals surface area contributed by atoms with Crippen molar-refractivity contribution in [1.82, 2.24) is 0 Å². The fraction of sp³-hybridized carbons (Fsp3) is 0.278. The second-order valence-electron chi connectivity index (χ2n) is 5.17. The molecule has 0 aliphatic rings. The highest BCUT2D eigenvalue weighted by atomic mass is 127. The van der Waals surface area contributed by atoms with Crippen LogP contribution < -0.4 is 20.5 Å². The van der Waals surface area contributed by atoms with Crippen molar-refractivity contribution in [3.63, 3.8) is 0 Å². The molecule has 5 nitrogen and oxygen atoms in total. The lowest BCUT2D eigenvalue weighted by Crippen LogP contribution is -2.23. The molecule has 0 spiro atoms. The zero-order valence-corrected chi connectivity index (χ0v) is 16.5. The maximum atomic E-state index is 5.90. The van der Waals surface area contributed by atoms with Gasteiger partial charge in [0.15, 0.2) is 5.96 Å². The van der Waals surface area contributed by atoms with Crippen LogP contribution in [0, 0.1) is 6.92 Å². The number of halogens is 1. The number of nitrogens with two attached hydrogens (primary N) is 1. The fourth-order valence-corrected chi connectivity index (χ4v) is 2.19. The van der Waals surface area contributed by atoms with E-state index in [1.54, 1.807) is 14.2 Å². The number of hydrogen-bond acceptors (Lipinski definition) is 3. The molecule has 24 heavy (non-hydrogen) atoms. The Hall–Kier alpha value is -1.96. The first-order valence-corrected chi connectivity index (χ1v) is 7.47. The van der Waals surface area contributed by atoms with E-state index < -0.39 is 0 Å². The van der Waals surface area contributed by atoms with Gasteiger partial charge in [-0.25, -0.2) is 0 Å². The predicted octanol–water partition coefficient (Wildman–Crippen LogP) is 3.60. The molecular formula is C18H24IN3O2. The van der Waals surface area contributed by atoms with E-state index in [2.05, 4.69) is 22.4 Å². The van der Waals surface area contributed by atoms with E-state index in [1.807, 2.05) is 37.3 Å². The van der Waals surface area contributed by atoms with E-state index in [-0.39, 0.29) is 24.0 Å². The summed E-state index contributed by atoms with van der Waals surface area (Å²) in [5.41, 5.74) is 9.08. The van der Waals surface area contributed by atoms with Crippen molar-refractivity contribution in [2.75, 3.05) is 26.1 Å². The standard InChI is InChI=1S/C18H23N3O2.HI/c1-13-4-5-14(12-17(13)23-3)10-11-20-18(19)21-15-6-8-16(22-2)9-7-15;/h4-9,12H,10-11H2,1-3H3,(H3,19,20,21);1H. The van der Waals surface area contributed by atoms with Crippen molar-refractivity contribution in [2.24, 2.45) is 10.7 Å². The molecule has 3 N–H and O–H groups in total. The first-order chi connectivity index (χ1) is 11.1. The van der Waals surface area contributed by atoms with Crippen molar-refractivity contribution in [3.8, 4) is 11.5 Å². The molecular weight excluding hydrogens is 417 g/mol. The zero-order valence-electron chi connectivity index (χ0n) is 14.2. The third kappa shape index (κ3) is 5.92. The molecule has 0 aliphatic carbocycles. The Morgan fingerprint density at radius 2 is 1.79 bits per heavy atom. The largest absolute Gasteiger partial charge is 0.497 e. The number of guanidine groups is 1. The molecule has 6 heteroatoms. The highest BCUT2D eigenvalue weighted by molar-refractivity contribution is 14.0. The minimum atomic E-state index is 0. The minimum Gasteiger partial charge on any atom is -0.497 e. The van der Waals surface area contributed by atoms with Gasteiger partial charge < -0.3 is 20.5 Å². The first kappa shape index (κ1) is 20.1. The maximum absolute atomic E-state index is 5.90. The lowest BCUT2D eigenvalue weighted by Gasteiger charge is -2.08. The van der Waals surface area contributed by atoms with E-state index in [0.29, 0.717) is 12.5 Å². The minimum absolute atomic E-state index is 0. The first-order valence-electron chi connectivity index (χ1n) is 7.47. The van der Waals surface area contributed by atoms with Crippen LogP contribution in [0.3, 0.4) is 0 Å². The molecule has 0 atom stereocenters. The van der Waals surface area contributed by atoms with Crippen LogP contribution in [0.15, 0.2) is 47.5 Å². The quantitative estimate of drug-likeness (QED) is 0.409. The number of nitrogens with one attached hydrogen (secondary N) is 1. The zero-order chi connectivity index (χ0) is 16.7. The van der Waals surface area contributed by atoms with Crippen LogP contribution in [0.1, 0.15) is 11.1 Å². The van der Waals surface area contributed by atoms with Gasteiger partial charge >= 0.3 is 0 Å². The third-order valence-corrected chi connectivity index (χ3v) is 3.52. The predicted molar refractivity (Wildman–Crippen MR) is 110 cm³/mol. The van der Waals surface area contributed by atoms with Crippen molar-refractivity contribution >= 4 is 35.6 Å². The van der Waals surface area contributed by atoms with E-state index >= 15 is 0 Å². The summed E-state index contributed by atoms with van der Waals surface area (Å²) in [5, 5.41) is 3.06. The summed E-state index contributed by atoms with van der Waals surface area (Å²) in [5.74, 6) is 2.10. The van der Waals surface area contributed by atoms with Gasteiger partial charge in [-0.3, -0.25) is 4.99 Å². The molecule has 0 fully saturated rings. The molecule has 2 aromatic rings. The summed E-state index contributed by atoms with van der Waals surface area (Å²) < 4.78 is 10.4. The van der Waals surface area contributed by atoms with Gasteiger partial charge in [0.2, 0.25) is 0 Å². The molecule has 0 saturated carbocycles. The average molecular weight is 441 g/mol. The SMILES string of the molecule is COc1ccc(NC(N)=NCCc2ccc(C)c(OC)c2)cc1.I. The number of benzene rings is 2. The second-order valence-corrected chi connectivity index (χ2v) is 5.17. The van der Waals surface area contributed by atoms with Gasteiger partial charge in [0, 0.05) is 12.2 Å². The number of rotatable bonds is 6. The highest BCUT2D eigenvalue weighted by Gasteiger charge is 2.01. The van der Waals surface area contributed by atoms with E-state index in [1.165, 1.54) is 5.56 Å². The molecule has 2 aromatic carbocycles. The van der Waals surface area contributed by atoms with Crippen LogP contribution >= 0.6 is 24.0 Å². The Balaban J connectivity index is 0.00000288.